The Bertz CT molecular complexity index is 2990. The summed E-state index contributed by atoms with van der Waals surface area (Å²) in [4.78, 5) is 0. The van der Waals surface area contributed by atoms with Gasteiger partial charge in [0.05, 0.1) is 38.2 Å². The van der Waals surface area contributed by atoms with E-state index in [0.717, 1.165) is 77.1 Å². The average molecular weight is 589 g/mol. The predicted octanol–water partition coefficient (Wildman–Crippen LogP) is 11.7. The standard InChI is InChI=1S/C42H24N2O2/c1-2-12-25(13-3-1)43-32-18-8-4-14-27(32)31-24-26(22-23-34(31)43)44-33-19-9-5-15-28(33)37-40(44)38-29-16-6-10-20-35(29)45-42(38)39-30-17-7-11-21-36(30)46-41(37)39/h1-24H. The molecule has 0 spiro atoms. The molecule has 46 heavy (non-hydrogen) atoms. The minimum absolute atomic E-state index is 0.860. The fraction of sp³-hybridized carbons (Fsp3) is 0. The van der Waals surface area contributed by atoms with Gasteiger partial charge in [0.1, 0.15) is 22.3 Å². The molecule has 4 heteroatoms. The normalized spacial score (nSPS) is 12.3. The number of para-hydroxylation sites is 5. The van der Waals surface area contributed by atoms with Crippen molar-refractivity contribution in [1.29, 1.82) is 0 Å². The molecule has 0 aliphatic carbocycles. The highest BCUT2D eigenvalue weighted by Crippen LogP contribution is 2.48. The molecule has 4 nitrogen and oxygen atoms in total. The van der Waals surface area contributed by atoms with Crippen molar-refractivity contribution in [2.75, 3.05) is 0 Å². The van der Waals surface area contributed by atoms with Gasteiger partial charge in [0.25, 0.3) is 0 Å². The highest BCUT2D eigenvalue weighted by Gasteiger charge is 2.26. The summed E-state index contributed by atoms with van der Waals surface area (Å²) >= 11 is 0. The van der Waals surface area contributed by atoms with E-state index in [2.05, 4.69) is 137 Å². The summed E-state index contributed by atoms with van der Waals surface area (Å²) in [5, 5.41) is 8.99. The van der Waals surface area contributed by atoms with Gasteiger partial charge in [-0.05, 0) is 54.6 Å². The topological polar surface area (TPSA) is 36.1 Å². The lowest BCUT2D eigenvalue weighted by atomic mass is 10.0. The van der Waals surface area contributed by atoms with Gasteiger partial charge < -0.3 is 18.0 Å². The van der Waals surface area contributed by atoms with E-state index in [9.17, 15) is 0 Å². The maximum Gasteiger partial charge on any atom is 0.149 e. The summed E-state index contributed by atoms with van der Waals surface area (Å²) in [6.07, 6.45) is 0. The second kappa shape index (κ2) is 8.68. The van der Waals surface area contributed by atoms with Crippen molar-refractivity contribution in [3.05, 3.63) is 146 Å². The Morgan fingerprint density at radius 3 is 1.59 bits per heavy atom. The smallest absolute Gasteiger partial charge is 0.149 e. The largest absolute Gasteiger partial charge is 0.455 e. The third kappa shape index (κ3) is 2.98. The lowest BCUT2D eigenvalue weighted by Crippen LogP contribution is -1.96. The summed E-state index contributed by atoms with van der Waals surface area (Å²) in [5.74, 6) is 0. The van der Waals surface area contributed by atoms with Crippen molar-refractivity contribution in [1.82, 2.24) is 9.13 Å². The number of aromatic nitrogens is 2. The maximum absolute atomic E-state index is 6.73. The first-order chi connectivity index (χ1) is 22.8. The minimum atomic E-state index is 0.860. The van der Waals surface area contributed by atoms with E-state index in [-0.39, 0.29) is 0 Å². The SMILES string of the molecule is c1ccc(-n2c3ccccc3c3cc(-n4c5ccccc5c5c6oc7ccccc7c6c6oc7ccccc7c6c54)ccc32)cc1. The molecular weight excluding hydrogens is 564 g/mol. The van der Waals surface area contributed by atoms with Crippen LogP contribution in [0.1, 0.15) is 0 Å². The first-order valence-electron chi connectivity index (χ1n) is 15.6. The molecule has 11 aromatic rings. The van der Waals surface area contributed by atoms with Gasteiger partial charge in [-0.2, -0.15) is 0 Å². The number of benzene rings is 7. The summed E-state index contributed by atoms with van der Waals surface area (Å²) in [6, 6.07) is 51.5. The van der Waals surface area contributed by atoms with Crippen molar-refractivity contribution >= 4 is 87.5 Å². The van der Waals surface area contributed by atoms with Gasteiger partial charge >= 0.3 is 0 Å². The molecule has 0 atom stereocenters. The molecule has 0 N–H and O–H groups in total. The molecule has 214 valence electrons. The van der Waals surface area contributed by atoms with Crippen LogP contribution in [0.2, 0.25) is 0 Å². The van der Waals surface area contributed by atoms with Gasteiger partial charge in [0, 0.05) is 38.3 Å². The summed E-state index contributed by atoms with van der Waals surface area (Å²) < 4.78 is 18.2. The quantitative estimate of drug-likeness (QED) is 0.201. The van der Waals surface area contributed by atoms with Crippen molar-refractivity contribution < 1.29 is 8.83 Å². The number of hydrogen-bond acceptors (Lipinski definition) is 2. The van der Waals surface area contributed by atoms with Gasteiger partial charge in [-0.25, -0.2) is 0 Å². The Morgan fingerprint density at radius 2 is 0.870 bits per heavy atom. The average Bonchev–Trinajstić information content (AvgIpc) is 3.86. The zero-order chi connectivity index (χ0) is 29.9. The Kier molecular flexibility index (Phi) is 4.55. The van der Waals surface area contributed by atoms with Crippen LogP contribution >= 0.6 is 0 Å². The summed E-state index contributed by atoms with van der Waals surface area (Å²) in [6.45, 7) is 0. The van der Waals surface area contributed by atoms with Crippen LogP contribution in [0.3, 0.4) is 0 Å². The van der Waals surface area contributed by atoms with Crippen LogP contribution in [0.4, 0.5) is 0 Å². The second-order valence-electron chi connectivity index (χ2n) is 12.1. The van der Waals surface area contributed by atoms with Crippen molar-refractivity contribution in [2.24, 2.45) is 0 Å². The fourth-order valence-electron chi connectivity index (χ4n) is 7.83. The second-order valence-corrected chi connectivity index (χ2v) is 12.1. The number of fused-ring (bicyclic) bond motifs is 15. The Labute approximate surface area is 261 Å². The number of rotatable bonds is 2. The van der Waals surface area contributed by atoms with Crippen LogP contribution < -0.4 is 0 Å². The predicted molar refractivity (Wildman–Crippen MR) is 190 cm³/mol. The lowest BCUT2D eigenvalue weighted by Gasteiger charge is -2.11. The van der Waals surface area contributed by atoms with Crippen LogP contribution in [0, 0.1) is 0 Å². The molecule has 0 aliphatic heterocycles. The van der Waals surface area contributed by atoms with Crippen molar-refractivity contribution in [3.63, 3.8) is 0 Å². The van der Waals surface area contributed by atoms with Gasteiger partial charge in [-0.15, -0.1) is 0 Å². The van der Waals surface area contributed by atoms with E-state index in [0.29, 0.717) is 0 Å². The molecule has 0 radical (unpaired) electrons. The first-order valence-corrected chi connectivity index (χ1v) is 15.6. The van der Waals surface area contributed by atoms with Crippen molar-refractivity contribution in [2.45, 2.75) is 0 Å². The molecule has 0 saturated heterocycles. The van der Waals surface area contributed by atoms with Crippen LogP contribution in [-0.4, -0.2) is 9.13 Å². The van der Waals surface area contributed by atoms with Gasteiger partial charge in [0.2, 0.25) is 0 Å². The van der Waals surface area contributed by atoms with E-state index >= 15 is 0 Å². The van der Waals surface area contributed by atoms with Gasteiger partial charge in [-0.3, -0.25) is 0 Å². The molecular formula is C42H24N2O2. The minimum Gasteiger partial charge on any atom is -0.455 e. The van der Waals surface area contributed by atoms with Crippen LogP contribution in [-0.2, 0) is 0 Å². The molecule has 0 bridgehead atoms. The van der Waals surface area contributed by atoms with E-state index < -0.39 is 0 Å². The first kappa shape index (κ1) is 24.1. The van der Waals surface area contributed by atoms with Gasteiger partial charge in [0.15, 0.2) is 0 Å². The summed E-state index contributed by atoms with van der Waals surface area (Å²) in [5.41, 5.74) is 10.3. The van der Waals surface area contributed by atoms with E-state index in [1.54, 1.807) is 0 Å². The molecule has 4 heterocycles. The fourth-order valence-corrected chi connectivity index (χ4v) is 7.83. The Balaban J connectivity index is 1.36. The van der Waals surface area contributed by atoms with E-state index in [1.165, 1.54) is 21.8 Å². The maximum atomic E-state index is 6.73. The molecule has 11 rings (SSSR count). The van der Waals surface area contributed by atoms with Gasteiger partial charge in [-0.1, -0.05) is 91.0 Å². The highest BCUT2D eigenvalue weighted by molar-refractivity contribution is 6.37. The van der Waals surface area contributed by atoms with E-state index in [4.69, 9.17) is 8.83 Å². The van der Waals surface area contributed by atoms with Crippen LogP contribution in [0.15, 0.2) is 154 Å². The molecule has 0 unspecified atom stereocenters. The molecule has 0 aliphatic rings. The lowest BCUT2D eigenvalue weighted by molar-refractivity contribution is 0.665. The zero-order valence-electron chi connectivity index (χ0n) is 24.6. The zero-order valence-corrected chi connectivity index (χ0v) is 24.6. The Hall–Kier alpha value is -6.26. The third-order valence-corrected chi connectivity index (χ3v) is 9.69. The molecule has 7 aromatic carbocycles. The third-order valence-electron chi connectivity index (χ3n) is 9.69. The number of hydrogen-bond donors (Lipinski definition) is 0. The monoisotopic (exact) mass is 588 g/mol. The molecule has 0 amide bonds. The number of furan rings is 2. The molecule has 4 aromatic heterocycles. The van der Waals surface area contributed by atoms with Crippen LogP contribution in [0.25, 0.3) is 98.9 Å². The molecule has 0 fully saturated rings. The summed E-state index contributed by atoms with van der Waals surface area (Å²) in [7, 11) is 0. The van der Waals surface area contributed by atoms with Crippen molar-refractivity contribution in [3.8, 4) is 11.4 Å². The highest BCUT2D eigenvalue weighted by atomic mass is 16.3. The Morgan fingerprint density at radius 1 is 0.348 bits per heavy atom. The molecule has 0 saturated carbocycles. The van der Waals surface area contributed by atoms with E-state index in [1.807, 2.05) is 18.2 Å². The number of nitrogens with zero attached hydrogens (tertiary/aromatic N) is 2. The van der Waals surface area contributed by atoms with Crippen LogP contribution in [0.5, 0.6) is 0 Å².